The second kappa shape index (κ2) is 6.55. The molecule has 1 unspecified atom stereocenters. The van der Waals surface area contributed by atoms with Crippen molar-refractivity contribution in [2.24, 2.45) is 4.76 Å². The fourth-order valence-corrected chi connectivity index (χ4v) is 4.30. The van der Waals surface area contributed by atoms with Crippen molar-refractivity contribution in [2.75, 3.05) is 26.5 Å². The lowest BCUT2D eigenvalue weighted by molar-refractivity contribution is 0.153. The smallest absolute Gasteiger partial charge is 0.312 e. The first-order chi connectivity index (χ1) is 10.1. The lowest BCUT2D eigenvalue weighted by atomic mass is 10.1. The minimum Gasteiger partial charge on any atom is -0.464 e. The Bertz CT molecular complexity index is 557. The Balaban J connectivity index is 1.59. The van der Waals surface area contributed by atoms with Gasteiger partial charge < -0.3 is 13.8 Å². The molecule has 0 bridgehead atoms. The summed E-state index contributed by atoms with van der Waals surface area (Å²) in [5.41, 5.74) is 1.32. The van der Waals surface area contributed by atoms with Crippen LogP contribution in [0, 0.1) is 0 Å². The van der Waals surface area contributed by atoms with E-state index in [0.717, 1.165) is 6.42 Å². The van der Waals surface area contributed by atoms with Gasteiger partial charge in [0.2, 0.25) is 5.90 Å². The molecule has 1 aromatic carbocycles. The van der Waals surface area contributed by atoms with Crippen molar-refractivity contribution in [3.8, 4) is 0 Å². The molecule has 7 heteroatoms. The van der Waals surface area contributed by atoms with Crippen LogP contribution < -0.4 is 0 Å². The number of ether oxygens (including phenoxy) is 1. The van der Waals surface area contributed by atoms with E-state index in [1.807, 2.05) is 6.07 Å². The minimum absolute atomic E-state index is 0.380. The molecule has 21 heavy (non-hydrogen) atoms. The highest BCUT2D eigenvalue weighted by Crippen LogP contribution is 2.54. The highest BCUT2D eigenvalue weighted by molar-refractivity contribution is 8.09. The van der Waals surface area contributed by atoms with Gasteiger partial charge in [0.05, 0.1) is 19.8 Å². The van der Waals surface area contributed by atoms with Gasteiger partial charge in [0.15, 0.2) is 0 Å². The first-order valence-corrected chi connectivity index (χ1v) is 9.63. The predicted molar refractivity (Wildman–Crippen MR) is 85.9 cm³/mol. The zero-order valence-corrected chi connectivity index (χ0v) is 13.7. The molecule has 2 aliphatic rings. The average molecular weight is 326 g/mol. The Morgan fingerprint density at radius 3 is 2.71 bits per heavy atom. The van der Waals surface area contributed by atoms with Gasteiger partial charge >= 0.3 is 6.64 Å². The second-order valence-electron chi connectivity index (χ2n) is 5.19. The minimum atomic E-state index is -2.47. The zero-order chi connectivity index (χ0) is 14.7. The Labute approximate surface area is 130 Å². The van der Waals surface area contributed by atoms with E-state index in [4.69, 9.17) is 25.6 Å². The van der Waals surface area contributed by atoms with E-state index < -0.39 is 6.64 Å². The molecule has 2 fully saturated rings. The summed E-state index contributed by atoms with van der Waals surface area (Å²) >= 11 is 5.29. The van der Waals surface area contributed by atoms with Gasteiger partial charge in [0.1, 0.15) is 6.73 Å². The van der Waals surface area contributed by atoms with Crippen LogP contribution >= 0.6 is 6.64 Å². The summed E-state index contributed by atoms with van der Waals surface area (Å²) in [5.74, 6) is 0.639. The van der Waals surface area contributed by atoms with Gasteiger partial charge in [-0.15, -0.1) is 0 Å². The van der Waals surface area contributed by atoms with Crippen molar-refractivity contribution < 1.29 is 13.8 Å². The number of hydrogen-bond donors (Lipinski definition) is 0. The fourth-order valence-electron chi connectivity index (χ4n) is 2.39. The topological polar surface area (TPSA) is 43.3 Å². The standard InChI is InChI=1S/C14H19N2O3PS/c1-12(9-13-5-3-2-4-6-13)16-10-14(17-11-16)15-20(21)18-7-8-19-20/h2-6,12H,7-11H2,1H3/b15-14-. The summed E-state index contributed by atoms with van der Waals surface area (Å²) in [6, 6.07) is 10.8. The van der Waals surface area contributed by atoms with E-state index in [9.17, 15) is 0 Å². The van der Waals surface area contributed by atoms with Crippen LogP contribution in [0.2, 0.25) is 0 Å². The first kappa shape index (κ1) is 15.1. The maximum atomic E-state index is 5.63. The quantitative estimate of drug-likeness (QED) is 0.796. The molecule has 0 radical (unpaired) electrons. The molecule has 5 nitrogen and oxygen atoms in total. The van der Waals surface area contributed by atoms with Crippen LogP contribution in [0.4, 0.5) is 0 Å². The third-order valence-electron chi connectivity index (χ3n) is 3.56. The van der Waals surface area contributed by atoms with Crippen LogP contribution in [0.5, 0.6) is 0 Å². The van der Waals surface area contributed by atoms with Crippen molar-refractivity contribution >= 4 is 24.3 Å². The molecule has 2 aliphatic heterocycles. The first-order valence-electron chi connectivity index (χ1n) is 7.04. The monoisotopic (exact) mass is 326 g/mol. The van der Waals surface area contributed by atoms with Crippen molar-refractivity contribution in [3.05, 3.63) is 35.9 Å². The lowest BCUT2D eigenvalue weighted by Gasteiger charge is -2.21. The van der Waals surface area contributed by atoms with E-state index in [1.165, 1.54) is 5.56 Å². The van der Waals surface area contributed by atoms with E-state index in [-0.39, 0.29) is 0 Å². The van der Waals surface area contributed by atoms with Gasteiger partial charge in [-0.1, -0.05) is 30.3 Å². The highest BCUT2D eigenvalue weighted by atomic mass is 32.5. The van der Waals surface area contributed by atoms with Crippen LogP contribution in [0.15, 0.2) is 35.1 Å². The van der Waals surface area contributed by atoms with Crippen molar-refractivity contribution in [3.63, 3.8) is 0 Å². The van der Waals surface area contributed by atoms with Gasteiger partial charge in [0, 0.05) is 6.04 Å². The Hall–Kier alpha value is -0.780. The highest BCUT2D eigenvalue weighted by Gasteiger charge is 2.30. The van der Waals surface area contributed by atoms with E-state index >= 15 is 0 Å². The zero-order valence-electron chi connectivity index (χ0n) is 12.0. The van der Waals surface area contributed by atoms with Crippen LogP contribution in [-0.2, 0) is 32.0 Å². The molecule has 0 spiro atoms. The Morgan fingerprint density at radius 1 is 1.29 bits per heavy atom. The number of rotatable bonds is 4. The molecule has 2 heterocycles. The van der Waals surface area contributed by atoms with Crippen molar-refractivity contribution in [1.29, 1.82) is 0 Å². The summed E-state index contributed by atoms with van der Waals surface area (Å²) < 4.78 is 20.8. The second-order valence-corrected chi connectivity index (χ2v) is 8.23. The molecule has 0 saturated carbocycles. The number of hydrogen-bond acceptors (Lipinski definition) is 5. The summed E-state index contributed by atoms with van der Waals surface area (Å²) in [7, 11) is 0. The van der Waals surface area contributed by atoms with Gasteiger partial charge in [0.25, 0.3) is 0 Å². The van der Waals surface area contributed by atoms with Crippen molar-refractivity contribution in [2.45, 2.75) is 19.4 Å². The Morgan fingerprint density at radius 2 is 2.00 bits per heavy atom. The molecular formula is C14H19N2O3PS. The molecule has 0 N–H and O–H groups in total. The molecule has 2 saturated heterocycles. The van der Waals surface area contributed by atoms with Crippen molar-refractivity contribution in [1.82, 2.24) is 4.90 Å². The predicted octanol–water partition coefficient (Wildman–Crippen LogP) is 2.58. The van der Waals surface area contributed by atoms with E-state index in [2.05, 4.69) is 40.9 Å². The third-order valence-corrected chi connectivity index (χ3v) is 5.92. The van der Waals surface area contributed by atoms with Gasteiger partial charge in [-0.3, -0.25) is 4.90 Å². The largest absolute Gasteiger partial charge is 0.464 e. The lowest BCUT2D eigenvalue weighted by Crippen LogP contribution is -2.32. The Kier molecular flexibility index (Phi) is 4.72. The molecule has 3 rings (SSSR count). The molecule has 0 aromatic heterocycles. The summed E-state index contributed by atoms with van der Waals surface area (Å²) in [6.07, 6.45) is 0.985. The van der Waals surface area contributed by atoms with Gasteiger partial charge in [-0.25, -0.2) is 0 Å². The molecule has 0 amide bonds. The number of benzene rings is 1. The molecule has 1 aromatic rings. The number of nitrogens with zero attached hydrogens (tertiary/aromatic N) is 2. The molecular weight excluding hydrogens is 307 g/mol. The molecule has 0 aliphatic carbocycles. The van der Waals surface area contributed by atoms with Crippen LogP contribution in [0.25, 0.3) is 0 Å². The van der Waals surface area contributed by atoms with E-state index in [0.29, 0.717) is 38.4 Å². The summed E-state index contributed by atoms with van der Waals surface area (Å²) in [6.45, 7) is 1.99. The normalized spacial score (nSPS) is 25.1. The fraction of sp³-hybridized carbons (Fsp3) is 0.500. The third kappa shape index (κ3) is 3.90. The van der Waals surface area contributed by atoms with E-state index in [1.54, 1.807) is 0 Å². The van der Waals surface area contributed by atoms with Gasteiger partial charge in [-0.05, 0) is 30.7 Å². The SMILES string of the molecule is CC(Cc1ccccc1)N1CO/C(=N\P2(=S)OCCO2)C1. The summed E-state index contributed by atoms with van der Waals surface area (Å²) in [5, 5.41) is 0. The summed E-state index contributed by atoms with van der Waals surface area (Å²) in [4.78, 5) is 2.24. The van der Waals surface area contributed by atoms with Crippen LogP contribution in [0.1, 0.15) is 12.5 Å². The molecule has 1 atom stereocenters. The average Bonchev–Trinajstić information content (AvgIpc) is 3.10. The van der Waals surface area contributed by atoms with Crippen LogP contribution in [-0.4, -0.2) is 43.3 Å². The van der Waals surface area contributed by atoms with Crippen LogP contribution in [0.3, 0.4) is 0 Å². The van der Waals surface area contributed by atoms with Gasteiger partial charge in [-0.2, -0.15) is 4.76 Å². The molecule has 114 valence electrons. The maximum Gasteiger partial charge on any atom is 0.312 e. The maximum absolute atomic E-state index is 5.63.